The van der Waals surface area contributed by atoms with Gasteiger partial charge in [0.2, 0.25) is 11.8 Å². The molecule has 0 aliphatic heterocycles. The zero-order valence-corrected chi connectivity index (χ0v) is 15.3. The largest absolute Gasteiger partial charge is 0.477 e. The molecule has 3 aromatic rings. The molecule has 0 aliphatic carbocycles. The van der Waals surface area contributed by atoms with E-state index in [-0.39, 0.29) is 5.91 Å². The Kier molecular flexibility index (Phi) is 6.09. The summed E-state index contributed by atoms with van der Waals surface area (Å²) >= 11 is 0. The fourth-order valence-corrected chi connectivity index (χ4v) is 2.47. The molecule has 140 valence electrons. The topological polar surface area (TPSA) is 94.8 Å². The number of amides is 1. The van der Waals surface area contributed by atoms with Crippen LogP contribution in [0.1, 0.15) is 25.5 Å². The van der Waals surface area contributed by atoms with Crippen LogP contribution < -0.4 is 10.1 Å². The number of benzene rings is 1. The predicted molar refractivity (Wildman–Crippen MR) is 100 cm³/mol. The van der Waals surface area contributed by atoms with Gasteiger partial charge in [0.1, 0.15) is 12.4 Å². The maximum Gasteiger partial charge on any atom is 0.249 e. The van der Waals surface area contributed by atoms with Gasteiger partial charge in [-0.25, -0.2) is 9.67 Å². The zero-order valence-electron chi connectivity index (χ0n) is 15.3. The van der Waals surface area contributed by atoms with Gasteiger partial charge < -0.3 is 10.1 Å². The van der Waals surface area contributed by atoms with Crippen molar-refractivity contribution >= 4 is 11.6 Å². The van der Waals surface area contributed by atoms with Gasteiger partial charge in [-0.3, -0.25) is 4.79 Å². The van der Waals surface area contributed by atoms with Crippen LogP contribution in [-0.4, -0.2) is 37.7 Å². The second-order valence-electron chi connectivity index (χ2n) is 6.57. The fraction of sp³-hybridized carbons (Fsp3) is 0.316. The average molecular weight is 366 g/mol. The number of hydrogen-bond donors (Lipinski definition) is 1. The molecular weight excluding hydrogens is 344 g/mol. The van der Waals surface area contributed by atoms with Crippen LogP contribution >= 0.6 is 0 Å². The van der Waals surface area contributed by atoms with Gasteiger partial charge in [-0.1, -0.05) is 44.2 Å². The fourth-order valence-electron chi connectivity index (χ4n) is 2.47. The van der Waals surface area contributed by atoms with Crippen LogP contribution in [0, 0.1) is 5.92 Å². The molecule has 0 bridgehead atoms. The van der Waals surface area contributed by atoms with Gasteiger partial charge in [-0.05, 0) is 28.0 Å². The van der Waals surface area contributed by atoms with Crippen molar-refractivity contribution in [3.05, 3.63) is 60.6 Å². The van der Waals surface area contributed by atoms with Crippen molar-refractivity contribution in [3.8, 4) is 5.88 Å². The van der Waals surface area contributed by atoms with E-state index in [0.717, 1.165) is 5.56 Å². The summed E-state index contributed by atoms with van der Waals surface area (Å²) in [4.78, 5) is 17.1. The smallest absolute Gasteiger partial charge is 0.249 e. The van der Waals surface area contributed by atoms with Gasteiger partial charge in [0.15, 0.2) is 0 Å². The molecule has 1 N–H and O–H groups in total. The number of hydrogen-bond acceptors (Lipinski definition) is 6. The van der Waals surface area contributed by atoms with Crippen LogP contribution in [0.5, 0.6) is 5.88 Å². The highest BCUT2D eigenvalue weighted by Gasteiger charge is 2.22. The Balaban J connectivity index is 1.69. The summed E-state index contributed by atoms with van der Waals surface area (Å²) in [6.07, 6.45) is 3.49. The first kappa shape index (κ1) is 18.5. The first-order valence-electron chi connectivity index (χ1n) is 8.78. The Bertz CT molecular complexity index is 834. The molecule has 1 unspecified atom stereocenters. The Labute approximate surface area is 157 Å². The molecule has 8 nitrogen and oxygen atoms in total. The van der Waals surface area contributed by atoms with Crippen molar-refractivity contribution in [2.45, 2.75) is 26.3 Å². The number of tetrazole rings is 1. The van der Waals surface area contributed by atoms with Crippen molar-refractivity contribution in [2.75, 3.05) is 11.9 Å². The normalized spacial score (nSPS) is 12.0. The van der Waals surface area contributed by atoms with Gasteiger partial charge in [0.05, 0.1) is 18.5 Å². The minimum atomic E-state index is -0.570. The molecule has 0 saturated carbocycles. The molecule has 0 aliphatic rings. The monoisotopic (exact) mass is 366 g/mol. The third-order valence-corrected chi connectivity index (χ3v) is 3.83. The van der Waals surface area contributed by atoms with E-state index in [9.17, 15) is 4.79 Å². The van der Waals surface area contributed by atoms with Gasteiger partial charge in [0, 0.05) is 12.5 Å². The molecule has 2 heterocycles. The first-order chi connectivity index (χ1) is 13.1. The molecule has 0 fully saturated rings. The maximum absolute atomic E-state index is 12.8. The van der Waals surface area contributed by atoms with Crippen molar-refractivity contribution in [1.82, 2.24) is 25.2 Å². The molecule has 1 atom stereocenters. The van der Waals surface area contributed by atoms with E-state index in [1.165, 1.54) is 11.0 Å². The highest BCUT2D eigenvalue weighted by molar-refractivity contribution is 5.93. The van der Waals surface area contributed by atoms with Crippen molar-refractivity contribution in [2.24, 2.45) is 5.92 Å². The van der Waals surface area contributed by atoms with Crippen LogP contribution in [0.3, 0.4) is 0 Å². The maximum atomic E-state index is 12.8. The molecule has 27 heavy (non-hydrogen) atoms. The highest BCUT2D eigenvalue weighted by atomic mass is 16.5. The van der Waals surface area contributed by atoms with Crippen LogP contribution in [-0.2, 0) is 11.2 Å². The predicted octanol–water partition coefficient (Wildman–Crippen LogP) is 2.53. The van der Waals surface area contributed by atoms with E-state index in [1.807, 2.05) is 30.3 Å². The molecule has 0 spiro atoms. The first-order valence-corrected chi connectivity index (χ1v) is 8.78. The lowest BCUT2D eigenvalue weighted by atomic mass is 10.1. The lowest BCUT2D eigenvalue weighted by Gasteiger charge is -2.16. The highest BCUT2D eigenvalue weighted by Crippen LogP contribution is 2.17. The molecule has 2 aromatic heterocycles. The summed E-state index contributed by atoms with van der Waals surface area (Å²) in [5.74, 6) is 0.730. The summed E-state index contributed by atoms with van der Waals surface area (Å²) in [6.45, 7) is 4.73. The minimum Gasteiger partial charge on any atom is -0.477 e. The van der Waals surface area contributed by atoms with Crippen molar-refractivity contribution in [3.63, 3.8) is 0 Å². The summed E-state index contributed by atoms with van der Waals surface area (Å²) in [5.41, 5.74) is 1.60. The molecular formula is C19H22N6O2. The number of carbonyl (C=O) groups excluding carboxylic acids is 1. The van der Waals surface area contributed by atoms with E-state index in [4.69, 9.17) is 4.74 Å². The average Bonchev–Trinajstić information content (AvgIpc) is 3.20. The third-order valence-electron chi connectivity index (χ3n) is 3.83. The summed E-state index contributed by atoms with van der Waals surface area (Å²) in [6, 6.07) is 12.7. The van der Waals surface area contributed by atoms with E-state index in [0.29, 0.717) is 30.5 Å². The zero-order chi connectivity index (χ0) is 19.1. The summed E-state index contributed by atoms with van der Waals surface area (Å²) in [5, 5.41) is 14.0. The quantitative estimate of drug-likeness (QED) is 0.658. The minimum absolute atomic E-state index is 0.219. The molecule has 1 amide bonds. The number of aromatic nitrogens is 5. The lowest BCUT2D eigenvalue weighted by Crippen LogP contribution is -2.28. The standard InChI is InChI=1S/C19H22N6O2/c1-14(2)12-27-18-9-8-16(11-20-18)22-19(26)17(25-13-21-23-24-25)10-15-6-4-3-5-7-15/h3-9,11,13-14,17H,10,12H2,1-2H3,(H,22,26). The van der Waals surface area contributed by atoms with E-state index >= 15 is 0 Å². The van der Waals surface area contributed by atoms with Gasteiger partial charge >= 0.3 is 0 Å². The number of pyridine rings is 1. The molecule has 0 saturated heterocycles. The van der Waals surface area contributed by atoms with Crippen LogP contribution in [0.25, 0.3) is 0 Å². The van der Waals surface area contributed by atoms with Crippen LogP contribution in [0.2, 0.25) is 0 Å². The number of ether oxygens (including phenoxy) is 1. The van der Waals surface area contributed by atoms with E-state index in [2.05, 4.69) is 39.7 Å². The summed E-state index contributed by atoms with van der Waals surface area (Å²) in [7, 11) is 0. The number of carbonyl (C=O) groups is 1. The number of rotatable bonds is 8. The Morgan fingerprint density at radius 2 is 2.00 bits per heavy atom. The Morgan fingerprint density at radius 1 is 1.19 bits per heavy atom. The molecule has 3 rings (SSSR count). The SMILES string of the molecule is CC(C)COc1ccc(NC(=O)C(Cc2ccccc2)n2cnnn2)cn1. The third kappa shape index (κ3) is 5.34. The second kappa shape index (κ2) is 8.88. The number of nitrogens with one attached hydrogen (secondary N) is 1. The molecule has 8 heteroatoms. The van der Waals surface area contributed by atoms with Gasteiger partial charge in [0.25, 0.3) is 0 Å². The van der Waals surface area contributed by atoms with Crippen molar-refractivity contribution in [1.29, 1.82) is 0 Å². The van der Waals surface area contributed by atoms with Crippen LogP contribution in [0.15, 0.2) is 55.0 Å². The summed E-state index contributed by atoms with van der Waals surface area (Å²) < 4.78 is 7.01. The van der Waals surface area contributed by atoms with E-state index in [1.54, 1.807) is 18.3 Å². The Morgan fingerprint density at radius 3 is 2.63 bits per heavy atom. The molecule has 1 aromatic carbocycles. The molecule has 0 radical (unpaired) electrons. The van der Waals surface area contributed by atoms with E-state index < -0.39 is 6.04 Å². The number of nitrogens with zero attached hydrogens (tertiary/aromatic N) is 5. The van der Waals surface area contributed by atoms with Gasteiger partial charge in [-0.2, -0.15) is 0 Å². The number of anilines is 1. The Hall–Kier alpha value is -3.29. The lowest BCUT2D eigenvalue weighted by molar-refractivity contribution is -0.119. The van der Waals surface area contributed by atoms with Gasteiger partial charge in [-0.15, -0.1) is 5.10 Å². The second-order valence-corrected chi connectivity index (χ2v) is 6.57. The van der Waals surface area contributed by atoms with Crippen LogP contribution in [0.4, 0.5) is 5.69 Å². The van der Waals surface area contributed by atoms with Crippen molar-refractivity contribution < 1.29 is 9.53 Å².